The molecule has 0 spiro atoms. The number of para-hydroxylation sites is 1. The number of ether oxygens (including phenoxy) is 1. The van der Waals surface area contributed by atoms with E-state index in [1.54, 1.807) is 12.1 Å². The highest BCUT2D eigenvalue weighted by molar-refractivity contribution is 7.80. The maximum Gasteiger partial charge on any atom is 0.273 e. The van der Waals surface area contributed by atoms with Crippen LogP contribution in [0.2, 0.25) is 0 Å². The van der Waals surface area contributed by atoms with Gasteiger partial charge in [0.2, 0.25) is 0 Å². The van der Waals surface area contributed by atoms with Crippen molar-refractivity contribution in [3.8, 4) is 5.75 Å². The Kier molecular flexibility index (Phi) is 6.59. The zero-order chi connectivity index (χ0) is 19.1. The average Bonchev–Trinajstić information content (AvgIpc) is 3.06. The molecular weight excluding hydrogens is 362 g/mol. The molecule has 3 rings (SSSR count). The molecule has 0 aliphatic carbocycles. The zero-order valence-electron chi connectivity index (χ0n) is 15.1. The molecular formula is C20H23N3O3S. The Hall–Kier alpha value is -2.67. The normalized spacial score (nSPS) is 13.9. The van der Waals surface area contributed by atoms with Crippen LogP contribution in [0.25, 0.3) is 0 Å². The highest BCUT2D eigenvalue weighted by Crippen LogP contribution is 2.21. The van der Waals surface area contributed by atoms with Crippen molar-refractivity contribution in [3.05, 3.63) is 64.7 Å². The first-order valence-corrected chi connectivity index (χ1v) is 9.55. The maximum absolute atomic E-state index is 10.8. The summed E-state index contributed by atoms with van der Waals surface area (Å²) in [6.45, 7) is 3.39. The van der Waals surface area contributed by atoms with E-state index in [9.17, 15) is 10.1 Å². The number of benzene rings is 2. The molecule has 0 bridgehead atoms. The van der Waals surface area contributed by atoms with Gasteiger partial charge in [-0.05, 0) is 49.7 Å². The van der Waals surface area contributed by atoms with Gasteiger partial charge in [0.05, 0.1) is 17.6 Å². The highest BCUT2D eigenvalue weighted by atomic mass is 32.1. The van der Waals surface area contributed by atoms with Gasteiger partial charge in [-0.25, -0.2) is 0 Å². The number of hydrogen-bond acceptors (Lipinski definition) is 4. The van der Waals surface area contributed by atoms with Crippen molar-refractivity contribution in [1.82, 2.24) is 4.90 Å². The first-order chi connectivity index (χ1) is 13.1. The number of unbranched alkanes of at least 4 members (excludes halogenated alkanes) is 2. The van der Waals surface area contributed by atoms with Crippen LogP contribution in [0, 0.1) is 10.1 Å². The van der Waals surface area contributed by atoms with Crippen LogP contribution in [-0.2, 0) is 0 Å². The van der Waals surface area contributed by atoms with Gasteiger partial charge in [-0.15, -0.1) is 0 Å². The number of nitrogens with zero attached hydrogens (tertiary/aromatic N) is 3. The predicted octanol–water partition coefficient (Wildman–Crippen LogP) is 4.25. The minimum absolute atomic E-state index is 0.0537. The fourth-order valence-corrected chi connectivity index (χ4v) is 3.48. The third kappa shape index (κ3) is 5.17. The lowest BCUT2D eigenvalue weighted by Gasteiger charge is -2.22. The summed E-state index contributed by atoms with van der Waals surface area (Å²) in [4.78, 5) is 14.8. The van der Waals surface area contributed by atoms with Crippen LogP contribution in [0.5, 0.6) is 5.75 Å². The Bertz CT molecular complexity index is 785. The summed E-state index contributed by atoms with van der Waals surface area (Å²) in [5.74, 6) is 0.545. The third-order valence-corrected chi connectivity index (χ3v) is 5.01. The van der Waals surface area contributed by atoms with Gasteiger partial charge in [0.15, 0.2) is 5.11 Å². The SMILES string of the molecule is O=[N+]([O-])c1cccc(OCCCCCN2CCN(c3ccccc3)C2=S)c1. The molecule has 2 aromatic rings. The first kappa shape index (κ1) is 19.1. The number of anilines is 1. The summed E-state index contributed by atoms with van der Waals surface area (Å²) in [6.07, 6.45) is 2.98. The Morgan fingerprint density at radius 3 is 2.63 bits per heavy atom. The van der Waals surface area contributed by atoms with E-state index in [0.29, 0.717) is 12.4 Å². The van der Waals surface area contributed by atoms with Crippen LogP contribution in [0.15, 0.2) is 54.6 Å². The predicted molar refractivity (Wildman–Crippen MR) is 110 cm³/mol. The number of rotatable bonds is 9. The van der Waals surface area contributed by atoms with Crippen LogP contribution in [0.3, 0.4) is 0 Å². The molecule has 0 atom stereocenters. The van der Waals surface area contributed by atoms with E-state index in [1.807, 2.05) is 18.2 Å². The number of nitro groups is 1. The number of hydrogen-bond donors (Lipinski definition) is 0. The topological polar surface area (TPSA) is 58.9 Å². The van der Waals surface area contributed by atoms with Gasteiger partial charge in [-0.3, -0.25) is 10.1 Å². The van der Waals surface area contributed by atoms with Crippen molar-refractivity contribution in [2.45, 2.75) is 19.3 Å². The molecule has 1 fully saturated rings. The molecule has 142 valence electrons. The van der Waals surface area contributed by atoms with Crippen molar-refractivity contribution < 1.29 is 9.66 Å². The van der Waals surface area contributed by atoms with E-state index >= 15 is 0 Å². The molecule has 0 N–H and O–H groups in total. The molecule has 27 heavy (non-hydrogen) atoms. The Labute approximate surface area is 164 Å². The molecule has 0 aromatic heterocycles. The third-order valence-electron chi connectivity index (χ3n) is 4.53. The fraction of sp³-hybridized carbons (Fsp3) is 0.350. The van der Waals surface area contributed by atoms with Crippen LogP contribution in [-0.4, -0.2) is 41.2 Å². The molecule has 1 saturated heterocycles. The quantitative estimate of drug-likeness (QED) is 0.278. The molecule has 1 aliphatic rings. The van der Waals surface area contributed by atoms with Gasteiger partial charge in [0.25, 0.3) is 5.69 Å². The van der Waals surface area contributed by atoms with Crippen molar-refractivity contribution in [2.24, 2.45) is 0 Å². The van der Waals surface area contributed by atoms with Gasteiger partial charge in [0.1, 0.15) is 5.75 Å². The van der Waals surface area contributed by atoms with Crippen LogP contribution >= 0.6 is 12.2 Å². The largest absolute Gasteiger partial charge is 0.493 e. The lowest BCUT2D eigenvalue weighted by atomic mass is 10.2. The van der Waals surface area contributed by atoms with E-state index < -0.39 is 4.92 Å². The Balaban J connectivity index is 1.34. The van der Waals surface area contributed by atoms with Crippen LogP contribution in [0.4, 0.5) is 11.4 Å². The molecule has 0 saturated carbocycles. The van der Waals surface area contributed by atoms with Crippen molar-refractivity contribution in [3.63, 3.8) is 0 Å². The van der Waals surface area contributed by atoms with E-state index in [4.69, 9.17) is 17.0 Å². The summed E-state index contributed by atoms with van der Waals surface area (Å²) in [6, 6.07) is 16.5. The number of thiocarbonyl (C=S) groups is 1. The maximum atomic E-state index is 10.8. The molecule has 1 aliphatic heterocycles. The second-order valence-electron chi connectivity index (χ2n) is 6.42. The van der Waals surface area contributed by atoms with Gasteiger partial charge in [-0.1, -0.05) is 24.3 Å². The monoisotopic (exact) mass is 385 g/mol. The second kappa shape index (κ2) is 9.32. The molecule has 0 unspecified atom stereocenters. The standard InChI is InChI=1S/C20H23N3O3S/c24-23(25)18-10-7-11-19(16-18)26-15-6-2-5-12-21-13-14-22(20(21)27)17-8-3-1-4-9-17/h1,3-4,7-11,16H,2,5-6,12-15H2. The Morgan fingerprint density at radius 1 is 1.04 bits per heavy atom. The van der Waals surface area contributed by atoms with E-state index in [-0.39, 0.29) is 5.69 Å². The fourth-order valence-electron chi connectivity index (χ4n) is 3.10. The van der Waals surface area contributed by atoms with Gasteiger partial charge >= 0.3 is 0 Å². The molecule has 0 radical (unpaired) electrons. The van der Waals surface area contributed by atoms with E-state index in [1.165, 1.54) is 12.1 Å². The van der Waals surface area contributed by atoms with Crippen LogP contribution in [0.1, 0.15) is 19.3 Å². The number of non-ortho nitro benzene ring substituents is 1. The smallest absolute Gasteiger partial charge is 0.273 e. The minimum atomic E-state index is -0.412. The molecule has 2 aromatic carbocycles. The van der Waals surface area contributed by atoms with Crippen molar-refractivity contribution in [1.29, 1.82) is 0 Å². The van der Waals surface area contributed by atoms with E-state index in [2.05, 4.69) is 21.9 Å². The van der Waals surface area contributed by atoms with E-state index in [0.717, 1.165) is 49.7 Å². The summed E-state index contributed by atoms with van der Waals surface area (Å²) < 4.78 is 5.61. The van der Waals surface area contributed by atoms with Gasteiger partial charge in [0, 0.05) is 31.4 Å². The second-order valence-corrected chi connectivity index (χ2v) is 6.79. The summed E-state index contributed by atoms with van der Waals surface area (Å²) in [7, 11) is 0. The molecule has 0 amide bonds. The summed E-state index contributed by atoms with van der Waals surface area (Å²) in [5, 5.41) is 11.7. The summed E-state index contributed by atoms with van der Waals surface area (Å²) >= 11 is 5.61. The molecule has 6 nitrogen and oxygen atoms in total. The lowest BCUT2D eigenvalue weighted by molar-refractivity contribution is -0.384. The minimum Gasteiger partial charge on any atom is -0.493 e. The Morgan fingerprint density at radius 2 is 1.85 bits per heavy atom. The van der Waals surface area contributed by atoms with Gasteiger partial charge < -0.3 is 14.5 Å². The van der Waals surface area contributed by atoms with Crippen LogP contribution < -0.4 is 9.64 Å². The van der Waals surface area contributed by atoms with Crippen molar-refractivity contribution in [2.75, 3.05) is 31.1 Å². The lowest BCUT2D eigenvalue weighted by Crippen LogP contribution is -2.32. The van der Waals surface area contributed by atoms with Crippen molar-refractivity contribution >= 4 is 28.7 Å². The highest BCUT2D eigenvalue weighted by Gasteiger charge is 2.25. The summed E-state index contributed by atoms with van der Waals surface area (Å²) in [5.41, 5.74) is 1.20. The zero-order valence-corrected chi connectivity index (χ0v) is 15.9. The molecule has 1 heterocycles. The average molecular weight is 385 g/mol. The first-order valence-electron chi connectivity index (χ1n) is 9.14. The van der Waals surface area contributed by atoms with Gasteiger partial charge in [-0.2, -0.15) is 0 Å². The molecule has 7 heteroatoms. The number of nitro benzene ring substituents is 1.